The van der Waals surface area contributed by atoms with Gasteiger partial charge in [0.25, 0.3) is 5.91 Å². The van der Waals surface area contributed by atoms with Crippen LogP contribution in [0.1, 0.15) is 17.3 Å². The summed E-state index contributed by atoms with van der Waals surface area (Å²) < 4.78 is 11.6. The third-order valence-corrected chi connectivity index (χ3v) is 4.38. The van der Waals surface area contributed by atoms with Gasteiger partial charge in [0.15, 0.2) is 17.6 Å². The van der Waals surface area contributed by atoms with E-state index >= 15 is 0 Å². The number of hydrogen-bond donors (Lipinski definition) is 0. The molecule has 24 heavy (non-hydrogen) atoms. The maximum absolute atomic E-state index is 12.8. The first-order valence-corrected chi connectivity index (χ1v) is 8.47. The molecule has 2 aromatic carbocycles. The lowest BCUT2D eigenvalue weighted by Gasteiger charge is -2.31. The Bertz CT molecular complexity index is 751. The van der Waals surface area contributed by atoms with E-state index in [0.29, 0.717) is 41.1 Å². The maximum Gasteiger partial charge on any atom is 0.255 e. The first kappa shape index (κ1) is 16.9. The Morgan fingerprint density at radius 3 is 2.71 bits per heavy atom. The smallest absolute Gasteiger partial charge is 0.255 e. The van der Waals surface area contributed by atoms with Crippen molar-refractivity contribution in [1.29, 1.82) is 0 Å². The van der Waals surface area contributed by atoms with E-state index in [1.165, 1.54) is 0 Å². The van der Waals surface area contributed by atoms with Crippen LogP contribution >= 0.6 is 23.2 Å². The number of ether oxygens (including phenoxy) is 2. The molecule has 0 saturated heterocycles. The Labute approximate surface area is 150 Å². The summed E-state index contributed by atoms with van der Waals surface area (Å²) >= 11 is 12.1. The molecule has 0 aromatic heterocycles. The van der Waals surface area contributed by atoms with Crippen LogP contribution in [-0.4, -0.2) is 36.6 Å². The molecule has 0 fully saturated rings. The van der Waals surface area contributed by atoms with Crippen LogP contribution in [0.25, 0.3) is 0 Å². The highest BCUT2D eigenvalue weighted by Gasteiger charge is 2.26. The normalized spacial score (nSPS) is 15.9. The minimum Gasteiger partial charge on any atom is -0.486 e. The predicted molar refractivity (Wildman–Crippen MR) is 94.4 cm³/mol. The van der Waals surface area contributed by atoms with E-state index in [0.717, 1.165) is 5.75 Å². The molecule has 126 valence electrons. The number of para-hydroxylation sites is 2. The summed E-state index contributed by atoms with van der Waals surface area (Å²) in [5, 5.41) is 0.860. The summed E-state index contributed by atoms with van der Waals surface area (Å²) in [6.07, 6.45) is -0.234. The number of rotatable bonds is 4. The van der Waals surface area contributed by atoms with Gasteiger partial charge >= 0.3 is 0 Å². The van der Waals surface area contributed by atoms with E-state index < -0.39 is 0 Å². The second kappa shape index (κ2) is 7.32. The molecule has 4 nitrogen and oxygen atoms in total. The van der Waals surface area contributed by atoms with Crippen LogP contribution < -0.4 is 9.47 Å². The number of nitrogens with zero attached hydrogens (tertiary/aromatic N) is 1. The second-order valence-corrected chi connectivity index (χ2v) is 6.31. The van der Waals surface area contributed by atoms with Gasteiger partial charge in [0.1, 0.15) is 6.61 Å². The van der Waals surface area contributed by atoms with Gasteiger partial charge in [0, 0.05) is 11.6 Å². The third kappa shape index (κ3) is 3.60. The van der Waals surface area contributed by atoms with Gasteiger partial charge in [-0.3, -0.25) is 4.79 Å². The summed E-state index contributed by atoms with van der Waals surface area (Å²) in [5.74, 6) is 1.24. The molecule has 0 bridgehead atoms. The highest BCUT2D eigenvalue weighted by atomic mass is 35.5. The van der Waals surface area contributed by atoms with Crippen LogP contribution in [-0.2, 0) is 0 Å². The SMILES string of the molecule is CCN(C[C@H]1COc2ccccc2O1)C(=O)c1cc(Cl)ccc1Cl. The molecule has 1 aliphatic heterocycles. The molecule has 3 rings (SSSR count). The van der Waals surface area contributed by atoms with Crippen molar-refractivity contribution in [2.24, 2.45) is 0 Å². The van der Waals surface area contributed by atoms with Gasteiger partial charge in [0.2, 0.25) is 0 Å². The topological polar surface area (TPSA) is 38.8 Å². The molecule has 0 unspecified atom stereocenters. The molecule has 0 aliphatic carbocycles. The zero-order valence-electron chi connectivity index (χ0n) is 13.2. The molecule has 1 atom stereocenters. The van der Waals surface area contributed by atoms with Gasteiger partial charge in [-0.1, -0.05) is 35.3 Å². The molecule has 2 aromatic rings. The van der Waals surface area contributed by atoms with E-state index in [1.807, 2.05) is 31.2 Å². The van der Waals surface area contributed by atoms with Gasteiger partial charge < -0.3 is 14.4 Å². The maximum atomic E-state index is 12.8. The number of likely N-dealkylation sites (N-methyl/N-ethyl adjacent to an activating group) is 1. The lowest BCUT2D eigenvalue weighted by molar-refractivity contribution is 0.0475. The lowest BCUT2D eigenvalue weighted by atomic mass is 10.2. The van der Waals surface area contributed by atoms with Crippen molar-refractivity contribution in [1.82, 2.24) is 4.90 Å². The Balaban J connectivity index is 1.73. The molecular weight excluding hydrogens is 349 g/mol. The zero-order chi connectivity index (χ0) is 17.1. The molecule has 1 amide bonds. The number of halogens is 2. The van der Waals surface area contributed by atoms with Crippen molar-refractivity contribution in [3.05, 3.63) is 58.1 Å². The Kier molecular flexibility index (Phi) is 5.17. The van der Waals surface area contributed by atoms with Crippen molar-refractivity contribution >= 4 is 29.1 Å². The summed E-state index contributed by atoms with van der Waals surface area (Å²) in [6.45, 7) is 3.24. The molecule has 0 radical (unpaired) electrons. The fourth-order valence-corrected chi connectivity index (χ4v) is 2.96. The van der Waals surface area contributed by atoms with Crippen LogP contribution in [0.15, 0.2) is 42.5 Å². The fraction of sp³-hybridized carbons (Fsp3) is 0.278. The molecule has 0 saturated carbocycles. The second-order valence-electron chi connectivity index (χ2n) is 5.47. The van der Waals surface area contributed by atoms with Gasteiger partial charge in [0.05, 0.1) is 17.1 Å². The molecule has 0 spiro atoms. The third-order valence-electron chi connectivity index (χ3n) is 3.82. The minimum absolute atomic E-state index is 0.174. The molecule has 0 N–H and O–H groups in total. The minimum atomic E-state index is -0.234. The highest BCUT2D eigenvalue weighted by Crippen LogP contribution is 2.31. The van der Waals surface area contributed by atoms with Crippen LogP contribution in [0.4, 0.5) is 0 Å². The van der Waals surface area contributed by atoms with Crippen molar-refractivity contribution in [2.75, 3.05) is 19.7 Å². The van der Waals surface area contributed by atoms with E-state index in [2.05, 4.69) is 0 Å². The van der Waals surface area contributed by atoms with Crippen LogP contribution in [0.3, 0.4) is 0 Å². The number of benzene rings is 2. The van der Waals surface area contributed by atoms with E-state index in [1.54, 1.807) is 23.1 Å². The van der Waals surface area contributed by atoms with Crippen molar-refractivity contribution < 1.29 is 14.3 Å². The van der Waals surface area contributed by atoms with E-state index in [9.17, 15) is 4.79 Å². The predicted octanol–water partition coefficient (Wildman–Crippen LogP) is 4.30. The molecule has 6 heteroatoms. The van der Waals surface area contributed by atoms with Crippen LogP contribution in [0.5, 0.6) is 11.5 Å². The summed E-state index contributed by atoms with van der Waals surface area (Å²) in [7, 11) is 0. The van der Waals surface area contributed by atoms with Gasteiger partial charge in [-0.05, 0) is 37.3 Å². The number of amides is 1. The molecule has 1 aliphatic rings. The number of carbonyl (C=O) groups excluding carboxylic acids is 1. The van der Waals surface area contributed by atoms with Crippen molar-refractivity contribution in [3.63, 3.8) is 0 Å². The van der Waals surface area contributed by atoms with Gasteiger partial charge in [-0.15, -0.1) is 0 Å². The largest absolute Gasteiger partial charge is 0.486 e. The van der Waals surface area contributed by atoms with Gasteiger partial charge in [-0.2, -0.15) is 0 Å². The van der Waals surface area contributed by atoms with Gasteiger partial charge in [-0.25, -0.2) is 0 Å². The highest BCUT2D eigenvalue weighted by molar-refractivity contribution is 6.35. The quantitative estimate of drug-likeness (QED) is 0.810. The monoisotopic (exact) mass is 365 g/mol. The molecular formula is C18H17Cl2NO3. The Hall–Kier alpha value is -1.91. The summed E-state index contributed by atoms with van der Waals surface area (Å²) in [5.41, 5.74) is 0.392. The number of carbonyl (C=O) groups is 1. The summed E-state index contributed by atoms with van der Waals surface area (Å²) in [6, 6.07) is 12.4. The standard InChI is InChI=1S/C18H17Cl2NO3/c1-2-21(18(22)14-9-12(19)7-8-15(14)20)10-13-11-23-16-5-3-4-6-17(16)24-13/h3-9,13H,2,10-11H2,1H3/t13-/m0/s1. The molecule has 1 heterocycles. The Morgan fingerprint density at radius 1 is 1.21 bits per heavy atom. The fourth-order valence-electron chi connectivity index (χ4n) is 2.59. The van der Waals surface area contributed by atoms with Crippen molar-refractivity contribution in [2.45, 2.75) is 13.0 Å². The lowest BCUT2D eigenvalue weighted by Crippen LogP contribution is -2.43. The summed E-state index contributed by atoms with van der Waals surface area (Å²) in [4.78, 5) is 14.4. The van der Waals surface area contributed by atoms with Crippen LogP contribution in [0, 0.1) is 0 Å². The number of hydrogen-bond acceptors (Lipinski definition) is 3. The average Bonchev–Trinajstić information content (AvgIpc) is 2.61. The van der Waals surface area contributed by atoms with Crippen LogP contribution in [0.2, 0.25) is 10.0 Å². The first-order valence-electron chi connectivity index (χ1n) is 7.71. The first-order chi connectivity index (χ1) is 11.6. The van der Waals surface area contributed by atoms with E-state index in [-0.39, 0.29) is 12.0 Å². The Morgan fingerprint density at radius 2 is 1.96 bits per heavy atom. The number of fused-ring (bicyclic) bond motifs is 1. The van der Waals surface area contributed by atoms with E-state index in [4.69, 9.17) is 32.7 Å². The average molecular weight is 366 g/mol. The zero-order valence-corrected chi connectivity index (χ0v) is 14.7. The van der Waals surface area contributed by atoms with Crippen molar-refractivity contribution in [3.8, 4) is 11.5 Å².